The Kier molecular flexibility index (Phi) is 5.73. The van der Waals surface area contributed by atoms with Crippen LogP contribution in [-0.2, 0) is 0 Å². The third-order valence-corrected chi connectivity index (χ3v) is 3.50. The molecule has 1 aromatic heterocycles. The van der Waals surface area contributed by atoms with E-state index in [4.69, 9.17) is 4.74 Å². The van der Waals surface area contributed by atoms with Crippen molar-refractivity contribution in [2.24, 2.45) is 0 Å². The third-order valence-electron chi connectivity index (χ3n) is 2.49. The van der Waals surface area contributed by atoms with E-state index in [0.29, 0.717) is 0 Å². The maximum atomic E-state index is 9.88. The van der Waals surface area contributed by atoms with Gasteiger partial charge in [-0.05, 0) is 12.5 Å². The Morgan fingerprint density at radius 2 is 2.20 bits per heavy atom. The van der Waals surface area contributed by atoms with Crippen LogP contribution in [0.25, 0.3) is 0 Å². The summed E-state index contributed by atoms with van der Waals surface area (Å²) in [6.45, 7) is 2.20. The van der Waals surface area contributed by atoms with Crippen molar-refractivity contribution in [3.05, 3.63) is 16.3 Å². The highest BCUT2D eigenvalue weighted by molar-refractivity contribution is 7.10. The minimum absolute atomic E-state index is 0.309. The molecule has 1 unspecified atom stereocenters. The fraction of sp³-hybridized carbons (Fsp3) is 0.667. The molecular formula is C12H20O2S. The third kappa shape index (κ3) is 4.22. The number of hydrogen-bond acceptors (Lipinski definition) is 3. The molecule has 1 N–H and O–H groups in total. The maximum absolute atomic E-state index is 9.88. The van der Waals surface area contributed by atoms with Crippen molar-refractivity contribution in [3.8, 4) is 5.75 Å². The Hall–Kier alpha value is -0.540. The lowest BCUT2D eigenvalue weighted by Crippen LogP contribution is -1.94. The minimum Gasteiger partial charge on any atom is -0.496 e. The van der Waals surface area contributed by atoms with Crippen LogP contribution in [0.2, 0.25) is 0 Å². The molecule has 1 rings (SSSR count). The lowest BCUT2D eigenvalue weighted by atomic mass is 10.1. The smallest absolute Gasteiger partial charge is 0.129 e. The number of hydrogen-bond donors (Lipinski definition) is 1. The summed E-state index contributed by atoms with van der Waals surface area (Å²) in [7, 11) is 1.65. The van der Waals surface area contributed by atoms with Gasteiger partial charge in [0, 0.05) is 10.3 Å². The summed E-state index contributed by atoms with van der Waals surface area (Å²) in [5.41, 5.74) is 0. The van der Waals surface area contributed by atoms with Crippen LogP contribution < -0.4 is 4.74 Å². The normalized spacial score (nSPS) is 12.7. The predicted octanol–water partition coefficient (Wildman–Crippen LogP) is 3.76. The zero-order valence-electron chi connectivity index (χ0n) is 9.53. The molecule has 86 valence electrons. The molecule has 1 heterocycles. The Bertz CT molecular complexity index is 270. The van der Waals surface area contributed by atoms with Crippen LogP contribution in [0.1, 0.15) is 50.0 Å². The second kappa shape index (κ2) is 6.85. The van der Waals surface area contributed by atoms with E-state index in [1.165, 1.54) is 19.3 Å². The fourth-order valence-electron chi connectivity index (χ4n) is 1.52. The Morgan fingerprint density at radius 1 is 1.40 bits per heavy atom. The highest BCUT2D eigenvalue weighted by Crippen LogP contribution is 2.29. The minimum atomic E-state index is -0.309. The Morgan fingerprint density at radius 3 is 2.80 bits per heavy atom. The van der Waals surface area contributed by atoms with E-state index in [9.17, 15) is 5.11 Å². The van der Waals surface area contributed by atoms with E-state index >= 15 is 0 Å². The standard InChI is InChI=1S/C12H20O2S/c1-3-4-5-6-7-11(13)12-8-10(14-2)9-15-12/h8-9,11,13H,3-7H2,1-2H3. The summed E-state index contributed by atoms with van der Waals surface area (Å²) in [6, 6.07) is 1.93. The molecule has 0 aliphatic carbocycles. The number of rotatable bonds is 7. The average molecular weight is 228 g/mol. The quantitative estimate of drug-likeness (QED) is 0.720. The van der Waals surface area contributed by atoms with Crippen molar-refractivity contribution in [2.45, 2.75) is 45.1 Å². The Balaban J connectivity index is 2.29. The molecule has 0 saturated carbocycles. The van der Waals surface area contributed by atoms with Gasteiger partial charge in [-0.1, -0.05) is 32.6 Å². The average Bonchev–Trinajstić information content (AvgIpc) is 2.72. The van der Waals surface area contributed by atoms with Gasteiger partial charge in [0.15, 0.2) is 0 Å². The summed E-state index contributed by atoms with van der Waals surface area (Å²) in [6.07, 6.45) is 5.38. The van der Waals surface area contributed by atoms with Crippen LogP contribution in [0.3, 0.4) is 0 Å². The van der Waals surface area contributed by atoms with Crippen molar-refractivity contribution in [1.29, 1.82) is 0 Å². The number of unbranched alkanes of at least 4 members (excludes halogenated alkanes) is 3. The molecule has 0 aliphatic rings. The highest BCUT2D eigenvalue weighted by Gasteiger charge is 2.10. The van der Waals surface area contributed by atoms with Gasteiger partial charge < -0.3 is 9.84 Å². The van der Waals surface area contributed by atoms with E-state index in [1.807, 2.05) is 11.4 Å². The SMILES string of the molecule is CCCCCCC(O)c1cc(OC)cs1. The van der Waals surface area contributed by atoms with Crippen molar-refractivity contribution in [1.82, 2.24) is 0 Å². The van der Waals surface area contributed by atoms with E-state index < -0.39 is 0 Å². The number of aliphatic hydroxyl groups is 1. The van der Waals surface area contributed by atoms with Gasteiger partial charge in [0.1, 0.15) is 5.75 Å². The molecule has 0 spiro atoms. The molecule has 0 saturated heterocycles. The highest BCUT2D eigenvalue weighted by atomic mass is 32.1. The molecule has 0 fully saturated rings. The van der Waals surface area contributed by atoms with E-state index in [1.54, 1.807) is 18.4 Å². The van der Waals surface area contributed by atoms with Gasteiger partial charge in [-0.15, -0.1) is 11.3 Å². The number of methoxy groups -OCH3 is 1. The van der Waals surface area contributed by atoms with Gasteiger partial charge in [0.25, 0.3) is 0 Å². The molecule has 0 amide bonds. The van der Waals surface area contributed by atoms with Gasteiger partial charge in [0.05, 0.1) is 13.2 Å². The van der Waals surface area contributed by atoms with E-state index in [0.717, 1.165) is 23.5 Å². The van der Waals surface area contributed by atoms with Crippen LogP contribution in [0.4, 0.5) is 0 Å². The molecule has 1 atom stereocenters. The van der Waals surface area contributed by atoms with Gasteiger partial charge in [-0.2, -0.15) is 0 Å². The summed E-state index contributed by atoms with van der Waals surface area (Å²) in [4.78, 5) is 1.02. The molecule has 2 nitrogen and oxygen atoms in total. The van der Waals surface area contributed by atoms with Crippen molar-refractivity contribution < 1.29 is 9.84 Å². The number of ether oxygens (including phenoxy) is 1. The van der Waals surface area contributed by atoms with Gasteiger partial charge in [-0.3, -0.25) is 0 Å². The van der Waals surface area contributed by atoms with Crippen LogP contribution >= 0.6 is 11.3 Å². The monoisotopic (exact) mass is 228 g/mol. The van der Waals surface area contributed by atoms with Crippen LogP contribution in [0, 0.1) is 0 Å². The topological polar surface area (TPSA) is 29.5 Å². The molecule has 0 radical (unpaired) electrons. The molecule has 15 heavy (non-hydrogen) atoms. The second-order valence-electron chi connectivity index (χ2n) is 3.75. The summed E-state index contributed by atoms with van der Waals surface area (Å²) in [5, 5.41) is 11.8. The van der Waals surface area contributed by atoms with Crippen molar-refractivity contribution in [3.63, 3.8) is 0 Å². The summed E-state index contributed by atoms with van der Waals surface area (Å²) >= 11 is 1.57. The first-order valence-electron chi connectivity index (χ1n) is 5.58. The van der Waals surface area contributed by atoms with Crippen LogP contribution in [0.5, 0.6) is 5.75 Å². The molecule has 3 heteroatoms. The number of aliphatic hydroxyl groups excluding tert-OH is 1. The predicted molar refractivity (Wildman–Crippen MR) is 64.6 cm³/mol. The van der Waals surface area contributed by atoms with Gasteiger partial charge in [-0.25, -0.2) is 0 Å². The maximum Gasteiger partial charge on any atom is 0.129 e. The fourth-order valence-corrected chi connectivity index (χ4v) is 2.40. The Labute approximate surface area is 95.9 Å². The molecule has 0 aliphatic heterocycles. The largest absolute Gasteiger partial charge is 0.496 e. The summed E-state index contributed by atoms with van der Waals surface area (Å²) < 4.78 is 5.09. The molecule has 0 bridgehead atoms. The molecule has 0 aromatic carbocycles. The van der Waals surface area contributed by atoms with E-state index in [-0.39, 0.29) is 6.10 Å². The lowest BCUT2D eigenvalue weighted by Gasteiger charge is -2.07. The van der Waals surface area contributed by atoms with Crippen molar-refractivity contribution >= 4 is 11.3 Å². The lowest BCUT2D eigenvalue weighted by molar-refractivity contribution is 0.167. The van der Waals surface area contributed by atoms with Gasteiger partial charge in [0.2, 0.25) is 0 Å². The first-order chi connectivity index (χ1) is 7.27. The number of thiophene rings is 1. The zero-order valence-corrected chi connectivity index (χ0v) is 10.3. The summed E-state index contributed by atoms with van der Waals surface area (Å²) in [5.74, 6) is 0.850. The molecule has 1 aromatic rings. The first kappa shape index (κ1) is 12.5. The van der Waals surface area contributed by atoms with Crippen LogP contribution in [-0.4, -0.2) is 12.2 Å². The van der Waals surface area contributed by atoms with E-state index in [2.05, 4.69) is 6.92 Å². The first-order valence-corrected chi connectivity index (χ1v) is 6.46. The van der Waals surface area contributed by atoms with Crippen molar-refractivity contribution in [2.75, 3.05) is 7.11 Å². The zero-order chi connectivity index (χ0) is 11.1. The second-order valence-corrected chi connectivity index (χ2v) is 4.70. The van der Waals surface area contributed by atoms with Crippen LogP contribution in [0.15, 0.2) is 11.4 Å². The molecular weight excluding hydrogens is 208 g/mol. The van der Waals surface area contributed by atoms with Gasteiger partial charge >= 0.3 is 0 Å².